The van der Waals surface area contributed by atoms with E-state index in [1.807, 2.05) is 18.2 Å². The van der Waals surface area contributed by atoms with E-state index in [-0.39, 0.29) is 6.04 Å². The average Bonchev–Trinajstić information content (AvgIpc) is 2.57. The highest BCUT2D eigenvalue weighted by Crippen LogP contribution is 2.31. The second kappa shape index (κ2) is 7.45. The van der Waals surface area contributed by atoms with Gasteiger partial charge in [-0.2, -0.15) is 0 Å². The van der Waals surface area contributed by atoms with Gasteiger partial charge in [0.15, 0.2) is 0 Å². The maximum atomic E-state index is 6.33. The number of hydrogen-bond acceptors (Lipinski definition) is 2. The molecule has 118 valence electrons. The quantitative estimate of drug-likeness (QED) is 0.804. The third-order valence-electron chi connectivity index (χ3n) is 4.55. The normalized spacial score (nSPS) is 21.0. The molecule has 0 aromatic heterocycles. The van der Waals surface area contributed by atoms with E-state index >= 15 is 0 Å². The number of benzene rings is 1. The van der Waals surface area contributed by atoms with Crippen LogP contribution in [0.3, 0.4) is 0 Å². The smallest absolute Gasteiger partial charge is 0.0464 e. The van der Waals surface area contributed by atoms with E-state index in [2.05, 4.69) is 34.7 Å². The minimum atomic E-state index is 0.0156. The van der Waals surface area contributed by atoms with Gasteiger partial charge in [0, 0.05) is 15.5 Å². The lowest BCUT2D eigenvalue weighted by atomic mass is 9.85. The molecule has 0 bridgehead atoms. The molecule has 1 aromatic rings. The van der Waals surface area contributed by atoms with Crippen molar-refractivity contribution in [2.45, 2.75) is 45.6 Å². The maximum Gasteiger partial charge on any atom is 0.0464 e. The fourth-order valence-electron chi connectivity index (χ4n) is 2.98. The highest BCUT2D eigenvalue weighted by Gasteiger charge is 2.23. The molecule has 0 spiro atoms. The third kappa shape index (κ3) is 5.24. The van der Waals surface area contributed by atoms with E-state index in [4.69, 9.17) is 17.3 Å². The zero-order chi connectivity index (χ0) is 15.5. The second-order valence-corrected chi connectivity index (χ2v) is 8.24. The van der Waals surface area contributed by atoms with Gasteiger partial charge in [-0.15, -0.1) is 0 Å². The van der Waals surface area contributed by atoms with Crippen molar-refractivity contribution < 1.29 is 0 Å². The number of halogens is 2. The van der Waals surface area contributed by atoms with Gasteiger partial charge in [-0.25, -0.2) is 0 Å². The van der Waals surface area contributed by atoms with E-state index in [0.717, 1.165) is 28.0 Å². The topological polar surface area (TPSA) is 29.3 Å². The van der Waals surface area contributed by atoms with Crippen LogP contribution >= 0.6 is 27.5 Å². The standard InChI is InChI=1S/C17H26BrClN2/c1-17(2)7-3-9-21(11-8-17)10-6-16(20)14-5-4-13(18)12-15(14)19/h4-5,12,16H,3,6-11,20H2,1-2H3. The first-order valence-corrected chi connectivity index (χ1v) is 8.97. The fraction of sp³-hybridized carbons (Fsp3) is 0.647. The van der Waals surface area contributed by atoms with Crippen molar-refractivity contribution in [3.05, 3.63) is 33.3 Å². The second-order valence-electron chi connectivity index (χ2n) is 6.92. The molecule has 2 nitrogen and oxygen atoms in total. The Bertz CT molecular complexity index is 476. The van der Waals surface area contributed by atoms with Crippen LogP contribution < -0.4 is 5.73 Å². The van der Waals surface area contributed by atoms with E-state index in [1.54, 1.807) is 0 Å². The maximum absolute atomic E-state index is 6.33. The minimum absolute atomic E-state index is 0.0156. The molecule has 1 aliphatic rings. The molecule has 0 radical (unpaired) electrons. The summed E-state index contributed by atoms with van der Waals surface area (Å²) in [4.78, 5) is 2.56. The van der Waals surface area contributed by atoms with Crippen LogP contribution in [0.4, 0.5) is 0 Å². The molecular weight excluding hydrogens is 348 g/mol. The Balaban J connectivity index is 1.87. The molecule has 1 saturated heterocycles. The predicted molar refractivity (Wildman–Crippen MR) is 94.8 cm³/mol. The Hall–Kier alpha value is -0.0900. The summed E-state index contributed by atoms with van der Waals surface area (Å²) in [6, 6.07) is 5.98. The summed E-state index contributed by atoms with van der Waals surface area (Å²) in [5.74, 6) is 0. The van der Waals surface area contributed by atoms with Gasteiger partial charge in [0.2, 0.25) is 0 Å². The summed E-state index contributed by atoms with van der Waals surface area (Å²) in [5, 5.41) is 0.758. The van der Waals surface area contributed by atoms with Gasteiger partial charge in [0.05, 0.1) is 0 Å². The summed E-state index contributed by atoms with van der Waals surface area (Å²) in [6.07, 6.45) is 4.86. The van der Waals surface area contributed by atoms with Crippen LogP contribution in [0.1, 0.15) is 51.1 Å². The number of nitrogens with zero attached hydrogens (tertiary/aromatic N) is 1. The molecule has 0 aliphatic carbocycles. The van der Waals surface area contributed by atoms with Crippen LogP contribution in [0.25, 0.3) is 0 Å². The fourth-order valence-corrected chi connectivity index (χ4v) is 3.80. The van der Waals surface area contributed by atoms with Crippen LogP contribution in [0.2, 0.25) is 5.02 Å². The van der Waals surface area contributed by atoms with Gasteiger partial charge in [-0.1, -0.05) is 47.4 Å². The van der Waals surface area contributed by atoms with Crippen LogP contribution in [0, 0.1) is 5.41 Å². The monoisotopic (exact) mass is 372 g/mol. The molecule has 0 saturated carbocycles. The first kappa shape index (κ1) is 17.3. The van der Waals surface area contributed by atoms with Crippen LogP contribution in [0.15, 0.2) is 22.7 Å². The Morgan fingerprint density at radius 3 is 2.81 bits per heavy atom. The number of nitrogens with two attached hydrogens (primary N) is 1. The van der Waals surface area contributed by atoms with Gasteiger partial charge in [-0.3, -0.25) is 0 Å². The van der Waals surface area contributed by atoms with E-state index in [0.29, 0.717) is 5.41 Å². The van der Waals surface area contributed by atoms with Gasteiger partial charge in [0.25, 0.3) is 0 Å². The molecule has 0 amide bonds. The molecule has 21 heavy (non-hydrogen) atoms. The van der Waals surface area contributed by atoms with E-state index in [1.165, 1.54) is 32.4 Å². The highest BCUT2D eigenvalue weighted by atomic mass is 79.9. The van der Waals surface area contributed by atoms with Gasteiger partial charge >= 0.3 is 0 Å². The summed E-state index contributed by atoms with van der Waals surface area (Å²) < 4.78 is 0.998. The summed E-state index contributed by atoms with van der Waals surface area (Å²) in [5.41, 5.74) is 7.87. The largest absolute Gasteiger partial charge is 0.324 e. The molecule has 2 rings (SSSR count). The van der Waals surface area contributed by atoms with E-state index in [9.17, 15) is 0 Å². The Morgan fingerprint density at radius 1 is 1.33 bits per heavy atom. The minimum Gasteiger partial charge on any atom is -0.324 e. The van der Waals surface area contributed by atoms with Crippen molar-refractivity contribution in [3.8, 4) is 0 Å². The molecule has 1 aliphatic heterocycles. The predicted octanol–water partition coefficient (Wildman–Crippen LogP) is 5.00. The van der Waals surface area contributed by atoms with E-state index < -0.39 is 0 Å². The average molecular weight is 374 g/mol. The first-order valence-electron chi connectivity index (χ1n) is 7.80. The van der Waals surface area contributed by atoms with Gasteiger partial charge in [-0.05, 0) is 68.4 Å². The molecule has 1 heterocycles. The third-order valence-corrected chi connectivity index (χ3v) is 5.37. The molecular formula is C17H26BrClN2. The zero-order valence-electron chi connectivity index (χ0n) is 13.0. The first-order chi connectivity index (χ1) is 9.87. The lowest BCUT2D eigenvalue weighted by molar-refractivity contribution is 0.254. The highest BCUT2D eigenvalue weighted by molar-refractivity contribution is 9.10. The molecule has 1 fully saturated rings. The SMILES string of the molecule is CC1(C)CCCN(CCC(N)c2ccc(Br)cc2Cl)CC1. The van der Waals surface area contributed by atoms with Crippen molar-refractivity contribution in [3.63, 3.8) is 0 Å². The Morgan fingerprint density at radius 2 is 2.10 bits per heavy atom. The Labute approximate surface area is 142 Å². The molecule has 2 N–H and O–H groups in total. The number of likely N-dealkylation sites (tertiary alicyclic amines) is 1. The molecule has 1 atom stereocenters. The zero-order valence-corrected chi connectivity index (χ0v) is 15.4. The van der Waals surface area contributed by atoms with Crippen molar-refractivity contribution >= 4 is 27.5 Å². The lowest BCUT2D eigenvalue weighted by Crippen LogP contribution is -2.29. The van der Waals surface area contributed by atoms with Crippen LogP contribution in [-0.4, -0.2) is 24.5 Å². The van der Waals surface area contributed by atoms with Gasteiger partial charge in [0.1, 0.15) is 0 Å². The van der Waals surface area contributed by atoms with Crippen molar-refractivity contribution in [1.29, 1.82) is 0 Å². The Kier molecular flexibility index (Phi) is 6.13. The lowest BCUT2D eigenvalue weighted by Gasteiger charge is -2.24. The number of rotatable bonds is 4. The van der Waals surface area contributed by atoms with Gasteiger partial charge < -0.3 is 10.6 Å². The molecule has 4 heteroatoms. The molecule has 1 unspecified atom stereocenters. The van der Waals surface area contributed by atoms with Crippen molar-refractivity contribution in [1.82, 2.24) is 4.90 Å². The van der Waals surface area contributed by atoms with Crippen molar-refractivity contribution in [2.24, 2.45) is 11.1 Å². The number of hydrogen-bond donors (Lipinski definition) is 1. The summed E-state index contributed by atoms with van der Waals surface area (Å²) in [6.45, 7) is 8.20. The van der Waals surface area contributed by atoms with Crippen LogP contribution in [0.5, 0.6) is 0 Å². The molecule has 1 aromatic carbocycles. The van der Waals surface area contributed by atoms with Crippen molar-refractivity contribution in [2.75, 3.05) is 19.6 Å². The summed E-state index contributed by atoms with van der Waals surface area (Å²) in [7, 11) is 0. The van der Waals surface area contributed by atoms with Crippen LogP contribution in [-0.2, 0) is 0 Å². The summed E-state index contributed by atoms with van der Waals surface area (Å²) >= 11 is 9.72.